The average molecular weight is 319 g/mol. The zero-order valence-corrected chi connectivity index (χ0v) is 13.9. The first-order chi connectivity index (χ1) is 10.3. The monoisotopic (exact) mass is 319 g/mol. The Morgan fingerprint density at radius 2 is 2.05 bits per heavy atom. The Labute approximate surface area is 134 Å². The lowest BCUT2D eigenvalue weighted by atomic mass is 10.00. The SMILES string of the molecule is CCC1SCCSC1C(O)Cc1ccnc2ccccc12. The molecule has 2 aromatic rings. The van der Waals surface area contributed by atoms with Crippen molar-refractivity contribution in [2.75, 3.05) is 11.5 Å². The maximum absolute atomic E-state index is 10.7. The van der Waals surface area contributed by atoms with Crippen molar-refractivity contribution in [3.63, 3.8) is 0 Å². The number of fused-ring (bicyclic) bond motifs is 1. The number of aliphatic hydroxyl groups is 1. The van der Waals surface area contributed by atoms with Gasteiger partial charge < -0.3 is 5.11 Å². The molecule has 1 aromatic carbocycles. The third-order valence-electron chi connectivity index (χ3n) is 4.04. The molecule has 1 saturated heterocycles. The Morgan fingerprint density at radius 3 is 2.90 bits per heavy atom. The highest BCUT2D eigenvalue weighted by Crippen LogP contribution is 2.36. The first kappa shape index (κ1) is 15.2. The first-order valence-corrected chi connectivity index (χ1v) is 9.63. The van der Waals surface area contributed by atoms with E-state index in [0.717, 1.165) is 24.1 Å². The quantitative estimate of drug-likeness (QED) is 0.930. The Hall–Kier alpha value is -0.710. The molecule has 0 aliphatic carbocycles. The van der Waals surface area contributed by atoms with Crippen molar-refractivity contribution in [1.29, 1.82) is 0 Å². The molecule has 0 radical (unpaired) electrons. The maximum Gasteiger partial charge on any atom is 0.0710 e. The topological polar surface area (TPSA) is 33.1 Å². The van der Waals surface area contributed by atoms with E-state index in [2.05, 4.69) is 18.0 Å². The van der Waals surface area contributed by atoms with E-state index in [1.54, 1.807) is 0 Å². The van der Waals surface area contributed by atoms with Crippen LogP contribution in [0.2, 0.25) is 0 Å². The predicted molar refractivity (Wildman–Crippen MR) is 94.2 cm³/mol. The van der Waals surface area contributed by atoms with Gasteiger partial charge in [0.2, 0.25) is 0 Å². The van der Waals surface area contributed by atoms with Crippen LogP contribution < -0.4 is 0 Å². The minimum Gasteiger partial charge on any atom is -0.392 e. The molecular weight excluding hydrogens is 298 g/mol. The normalized spacial score (nSPS) is 24.1. The standard InChI is InChI=1S/C17H21NOS2/c1-2-16-17(21-10-9-20-16)15(19)11-12-7-8-18-14-6-4-3-5-13(12)14/h3-8,15-17,19H,2,9-11H2,1H3. The molecular formula is C17H21NOS2. The smallest absolute Gasteiger partial charge is 0.0710 e. The molecule has 1 aromatic heterocycles. The zero-order chi connectivity index (χ0) is 14.7. The van der Waals surface area contributed by atoms with Crippen LogP contribution >= 0.6 is 23.5 Å². The summed E-state index contributed by atoms with van der Waals surface area (Å²) in [5.74, 6) is 2.37. The van der Waals surface area contributed by atoms with Crippen LogP contribution in [-0.4, -0.2) is 38.2 Å². The van der Waals surface area contributed by atoms with Gasteiger partial charge in [-0.3, -0.25) is 4.98 Å². The van der Waals surface area contributed by atoms with Gasteiger partial charge in [-0.05, 0) is 24.1 Å². The fraction of sp³-hybridized carbons (Fsp3) is 0.471. The molecule has 1 N–H and O–H groups in total. The van der Waals surface area contributed by atoms with Gasteiger partial charge in [-0.15, -0.1) is 0 Å². The number of hydrogen-bond donors (Lipinski definition) is 1. The van der Waals surface area contributed by atoms with E-state index in [1.807, 2.05) is 54.0 Å². The van der Waals surface area contributed by atoms with E-state index < -0.39 is 0 Å². The summed E-state index contributed by atoms with van der Waals surface area (Å²) < 4.78 is 0. The van der Waals surface area contributed by atoms with E-state index in [1.165, 1.54) is 16.7 Å². The largest absolute Gasteiger partial charge is 0.392 e. The van der Waals surface area contributed by atoms with Gasteiger partial charge in [0, 0.05) is 40.0 Å². The van der Waals surface area contributed by atoms with Crippen molar-refractivity contribution >= 4 is 34.4 Å². The van der Waals surface area contributed by atoms with E-state index in [-0.39, 0.29) is 6.10 Å². The molecule has 1 fully saturated rings. The lowest BCUT2D eigenvalue weighted by Crippen LogP contribution is -2.37. The maximum atomic E-state index is 10.7. The summed E-state index contributed by atoms with van der Waals surface area (Å²) in [7, 11) is 0. The van der Waals surface area contributed by atoms with Gasteiger partial charge in [0.05, 0.1) is 11.6 Å². The van der Waals surface area contributed by atoms with E-state index in [0.29, 0.717) is 10.5 Å². The van der Waals surface area contributed by atoms with Crippen LogP contribution in [0.15, 0.2) is 36.5 Å². The van der Waals surface area contributed by atoms with Crippen LogP contribution in [0.4, 0.5) is 0 Å². The minimum absolute atomic E-state index is 0.279. The molecule has 2 heterocycles. The van der Waals surface area contributed by atoms with Gasteiger partial charge in [-0.1, -0.05) is 25.1 Å². The Bertz CT molecular complexity index is 599. The third-order valence-corrected chi connectivity index (χ3v) is 7.43. The molecule has 3 rings (SSSR count). The lowest BCUT2D eigenvalue weighted by Gasteiger charge is -2.33. The highest BCUT2D eigenvalue weighted by molar-refractivity contribution is 8.07. The minimum atomic E-state index is -0.279. The zero-order valence-electron chi connectivity index (χ0n) is 12.2. The highest BCUT2D eigenvalue weighted by atomic mass is 32.2. The molecule has 112 valence electrons. The second-order valence-corrected chi connectivity index (χ2v) is 8.04. The first-order valence-electron chi connectivity index (χ1n) is 7.53. The van der Waals surface area contributed by atoms with Crippen molar-refractivity contribution < 1.29 is 5.11 Å². The number of thioether (sulfide) groups is 2. The number of hydrogen-bond acceptors (Lipinski definition) is 4. The average Bonchev–Trinajstić information content (AvgIpc) is 2.55. The molecule has 0 amide bonds. The van der Waals surface area contributed by atoms with E-state index >= 15 is 0 Å². The van der Waals surface area contributed by atoms with E-state index in [4.69, 9.17) is 0 Å². The Balaban J connectivity index is 1.81. The number of rotatable bonds is 4. The summed E-state index contributed by atoms with van der Waals surface area (Å²) in [4.78, 5) is 4.40. The van der Waals surface area contributed by atoms with Crippen LogP contribution in [0, 0.1) is 0 Å². The van der Waals surface area contributed by atoms with E-state index in [9.17, 15) is 5.11 Å². The van der Waals surface area contributed by atoms with Gasteiger partial charge in [0.15, 0.2) is 0 Å². The van der Waals surface area contributed by atoms with Crippen LogP contribution in [0.1, 0.15) is 18.9 Å². The van der Waals surface area contributed by atoms with Crippen LogP contribution in [0.25, 0.3) is 10.9 Å². The number of aromatic nitrogens is 1. The van der Waals surface area contributed by atoms with Gasteiger partial charge >= 0.3 is 0 Å². The van der Waals surface area contributed by atoms with Gasteiger partial charge in [0.25, 0.3) is 0 Å². The van der Waals surface area contributed by atoms with Crippen molar-refractivity contribution in [3.8, 4) is 0 Å². The molecule has 3 unspecified atom stereocenters. The molecule has 4 heteroatoms. The molecule has 1 aliphatic rings. The summed E-state index contributed by atoms with van der Waals surface area (Å²) >= 11 is 3.96. The van der Waals surface area contributed by atoms with Gasteiger partial charge in [0.1, 0.15) is 0 Å². The molecule has 21 heavy (non-hydrogen) atoms. The fourth-order valence-corrected chi connectivity index (χ4v) is 6.12. The van der Waals surface area contributed by atoms with Crippen molar-refractivity contribution in [2.24, 2.45) is 0 Å². The molecule has 0 bridgehead atoms. The second-order valence-electron chi connectivity index (χ2n) is 5.41. The van der Waals surface area contributed by atoms with Crippen LogP contribution in [0.3, 0.4) is 0 Å². The Kier molecular flexibility index (Phi) is 5.09. The summed E-state index contributed by atoms with van der Waals surface area (Å²) in [5, 5.41) is 12.8. The highest BCUT2D eigenvalue weighted by Gasteiger charge is 2.31. The number of pyridine rings is 1. The molecule has 2 nitrogen and oxygen atoms in total. The predicted octanol–water partition coefficient (Wildman–Crippen LogP) is 3.77. The summed E-state index contributed by atoms with van der Waals surface area (Å²) in [6, 6.07) is 10.2. The van der Waals surface area contributed by atoms with Crippen molar-refractivity contribution in [3.05, 3.63) is 42.1 Å². The summed E-state index contributed by atoms with van der Waals surface area (Å²) in [6.07, 6.45) is 3.43. The summed E-state index contributed by atoms with van der Waals surface area (Å²) in [5.41, 5.74) is 2.22. The van der Waals surface area contributed by atoms with Crippen LogP contribution in [0.5, 0.6) is 0 Å². The van der Waals surface area contributed by atoms with Gasteiger partial charge in [-0.25, -0.2) is 0 Å². The lowest BCUT2D eigenvalue weighted by molar-refractivity contribution is 0.170. The third kappa shape index (κ3) is 3.38. The fourth-order valence-electron chi connectivity index (χ4n) is 2.97. The molecule has 0 spiro atoms. The second kappa shape index (κ2) is 7.03. The van der Waals surface area contributed by atoms with Crippen LogP contribution in [-0.2, 0) is 6.42 Å². The number of benzene rings is 1. The molecule has 1 aliphatic heterocycles. The number of nitrogens with zero attached hydrogens (tertiary/aromatic N) is 1. The van der Waals surface area contributed by atoms with Crippen molar-refractivity contribution in [2.45, 2.75) is 36.4 Å². The molecule has 3 atom stereocenters. The Morgan fingerprint density at radius 1 is 1.24 bits per heavy atom. The number of aliphatic hydroxyl groups excluding tert-OH is 1. The number of para-hydroxylation sites is 1. The van der Waals surface area contributed by atoms with Gasteiger partial charge in [-0.2, -0.15) is 23.5 Å². The van der Waals surface area contributed by atoms with Crippen molar-refractivity contribution in [1.82, 2.24) is 4.98 Å². The summed E-state index contributed by atoms with van der Waals surface area (Å²) in [6.45, 7) is 2.23. The molecule has 0 saturated carbocycles.